The summed E-state index contributed by atoms with van der Waals surface area (Å²) in [6.45, 7) is 0.296. The molecule has 0 aromatic heterocycles. The van der Waals surface area contributed by atoms with E-state index in [9.17, 15) is 8.42 Å². The number of sulfonamides is 1. The van der Waals surface area contributed by atoms with Gasteiger partial charge in [-0.1, -0.05) is 24.3 Å². The van der Waals surface area contributed by atoms with E-state index in [-0.39, 0.29) is 11.5 Å². The number of aliphatic hydroxyl groups excluding tert-OH is 1. The molecule has 0 aliphatic carbocycles. The van der Waals surface area contributed by atoms with Gasteiger partial charge in [0.15, 0.2) is 0 Å². The molecule has 0 heterocycles. The van der Waals surface area contributed by atoms with Gasteiger partial charge in [-0.3, -0.25) is 4.72 Å². The molecule has 6 heteroatoms. The van der Waals surface area contributed by atoms with Crippen molar-refractivity contribution in [3.8, 4) is 0 Å². The van der Waals surface area contributed by atoms with Gasteiger partial charge in [-0.05, 0) is 35.4 Å². The summed E-state index contributed by atoms with van der Waals surface area (Å²) in [7, 11) is -3.61. The van der Waals surface area contributed by atoms with Crippen molar-refractivity contribution < 1.29 is 13.5 Å². The lowest BCUT2D eigenvalue weighted by Gasteiger charge is -2.09. The first-order chi connectivity index (χ1) is 9.55. The summed E-state index contributed by atoms with van der Waals surface area (Å²) in [6.07, 6.45) is 0. The minimum atomic E-state index is -3.61. The van der Waals surface area contributed by atoms with Crippen LogP contribution in [0.3, 0.4) is 0 Å². The van der Waals surface area contributed by atoms with Gasteiger partial charge in [-0.25, -0.2) is 8.42 Å². The molecule has 0 fully saturated rings. The number of aliphatic hydroxyl groups is 1. The van der Waals surface area contributed by atoms with Crippen LogP contribution in [0.4, 0.5) is 5.69 Å². The van der Waals surface area contributed by atoms with Crippen LogP contribution in [0, 0.1) is 0 Å². The van der Waals surface area contributed by atoms with Crippen molar-refractivity contribution in [1.82, 2.24) is 0 Å². The Kier molecular flexibility index (Phi) is 4.39. The summed E-state index contributed by atoms with van der Waals surface area (Å²) in [6, 6.07) is 12.9. The average Bonchev–Trinajstić information content (AvgIpc) is 2.48. The van der Waals surface area contributed by atoms with Crippen LogP contribution < -0.4 is 10.5 Å². The average molecular weight is 292 g/mol. The second kappa shape index (κ2) is 6.04. The third-order valence-corrected chi connectivity index (χ3v) is 4.26. The van der Waals surface area contributed by atoms with Crippen LogP contribution in [0.2, 0.25) is 0 Å². The van der Waals surface area contributed by atoms with Crippen molar-refractivity contribution in [2.45, 2.75) is 18.0 Å². The van der Waals surface area contributed by atoms with E-state index < -0.39 is 10.0 Å². The van der Waals surface area contributed by atoms with E-state index in [1.165, 1.54) is 12.1 Å². The predicted molar refractivity (Wildman–Crippen MR) is 77.5 cm³/mol. The van der Waals surface area contributed by atoms with Crippen molar-refractivity contribution in [2.75, 3.05) is 4.72 Å². The molecule has 0 spiro atoms. The lowest BCUT2D eigenvalue weighted by atomic mass is 10.2. The zero-order valence-corrected chi connectivity index (χ0v) is 11.6. The smallest absolute Gasteiger partial charge is 0.261 e. The Morgan fingerprint density at radius 3 is 2.00 bits per heavy atom. The van der Waals surface area contributed by atoms with E-state index in [1.807, 2.05) is 0 Å². The summed E-state index contributed by atoms with van der Waals surface area (Å²) in [4.78, 5) is 0.181. The molecule has 0 aliphatic heterocycles. The quantitative estimate of drug-likeness (QED) is 0.777. The fourth-order valence-corrected chi connectivity index (χ4v) is 2.76. The molecule has 20 heavy (non-hydrogen) atoms. The number of nitrogens with two attached hydrogens (primary N) is 1. The third-order valence-electron chi connectivity index (χ3n) is 2.86. The van der Waals surface area contributed by atoms with E-state index >= 15 is 0 Å². The highest BCUT2D eigenvalue weighted by molar-refractivity contribution is 7.92. The molecule has 0 unspecified atom stereocenters. The molecule has 0 aliphatic rings. The van der Waals surface area contributed by atoms with Crippen molar-refractivity contribution in [1.29, 1.82) is 0 Å². The highest BCUT2D eigenvalue weighted by Gasteiger charge is 2.13. The summed E-state index contributed by atoms with van der Waals surface area (Å²) < 4.78 is 26.8. The van der Waals surface area contributed by atoms with Crippen LogP contribution in [0.25, 0.3) is 0 Å². The Bertz CT molecular complexity index is 665. The second-order valence-corrected chi connectivity index (χ2v) is 5.99. The number of anilines is 1. The number of hydrogen-bond acceptors (Lipinski definition) is 4. The van der Waals surface area contributed by atoms with E-state index in [4.69, 9.17) is 10.8 Å². The minimum Gasteiger partial charge on any atom is -0.392 e. The van der Waals surface area contributed by atoms with Crippen molar-refractivity contribution >= 4 is 15.7 Å². The number of hydrogen-bond donors (Lipinski definition) is 3. The number of rotatable bonds is 5. The molecule has 0 atom stereocenters. The van der Waals surface area contributed by atoms with Crippen molar-refractivity contribution in [3.63, 3.8) is 0 Å². The number of benzene rings is 2. The zero-order valence-electron chi connectivity index (χ0n) is 10.8. The van der Waals surface area contributed by atoms with Gasteiger partial charge >= 0.3 is 0 Å². The van der Waals surface area contributed by atoms with Crippen LogP contribution in [0.15, 0.2) is 53.4 Å². The maximum atomic E-state index is 12.2. The van der Waals surface area contributed by atoms with Gasteiger partial charge in [0, 0.05) is 12.2 Å². The van der Waals surface area contributed by atoms with Gasteiger partial charge in [-0.15, -0.1) is 0 Å². The molecule has 0 amide bonds. The fraction of sp³-hybridized carbons (Fsp3) is 0.143. The maximum Gasteiger partial charge on any atom is 0.261 e. The van der Waals surface area contributed by atoms with Crippen LogP contribution in [0.5, 0.6) is 0 Å². The fourth-order valence-electron chi connectivity index (χ4n) is 1.70. The van der Waals surface area contributed by atoms with Crippen molar-refractivity contribution in [3.05, 3.63) is 59.7 Å². The normalized spacial score (nSPS) is 11.3. The summed E-state index contributed by atoms with van der Waals surface area (Å²) in [5, 5.41) is 8.94. The minimum absolute atomic E-state index is 0.0758. The van der Waals surface area contributed by atoms with Crippen LogP contribution in [-0.4, -0.2) is 13.5 Å². The first-order valence-corrected chi connectivity index (χ1v) is 7.55. The first-order valence-electron chi connectivity index (χ1n) is 6.07. The lowest BCUT2D eigenvalue weighted by molar-refractivity contribution is 0.282. The summed E-state index contributed by atoms with van der Waals surface area (Å²) in [5.74, 6) is 0. The maximum absolute atomic E-state index is 12.2. The van der Waals surface area contributed by atoms with E-state index in [1.54, 1.807) is 36.4 Å². The third kappa shape index (κ3) is 3.36. The second-order valence-electron chi connectivity index (χ2n) is 4.31. The van der Waals surface area contributed by atoms with E-state index in [0.717, 1.165) is 11.1 Å². The molecular weight excluding hydrogens is 276 g/mol. The lowest BCUT2D eigenvalue weighted by Crippen LogP contribution is -2.13. The molecule has 2 aromatic rings. The Morgan fingerprint density at radius 1 is 0.950 bits per heavy atom. The molecule has 0 bridgehead atoms. The largest absolute Gasteiger partial charge is 0.392 e. The zero-order chi connectivity index (χ0) is 14.6. The highest BCUT2D eigenvalue weighted by Crippen LogP contribution is 2.17. The van der Waals surface area contributed by atoms with Gasteiger partial charge in [0.2, 0.25) is 0 Å². The van der Waals surface area contributed by atoms with Crippen molar-refractivity contribution in [2.24, 2.45) is 5.73 Å². The topological polar surface area (TPSA) is 92.4 Å². The predicted octanol–water partition coefficient (Wildman–Crippen LogP) is 1.44. The van der Waals surface area contributed by atoms with Gasteiger partial charge in [-0.2, -0.15) is 0 Å². The van der Waals surface area contributed by atoms with Crippen LogP contribution >= 0.6 is 0 Å². The molecule has 0 radical (unpaired) electrons. The molecule has 5 nitrogen and oxygen atoms in total. The van der Waals surface area contributed by atoms with Gasteiger partial charge < -0.3 is 10.8 Å². The number of nitrogens with one attached hydrogen (secondary N) is 1. The van der Waals surface area contributed by atoms with Crippen LogP contribution in [0.1, 0.15) is 11.1 Å². The monoisotopic (exact) mass is 292 g/mol. The molecule has 4 N–H and O–H groups in total. The Labute approximate surface area is 118 Å². The van der Waals surface area contributed by atoms with E-state index in [0.29, 0.717) is 12.2 Å². The molecule has 106 valence electrons. The summed E-state index contributed by atoms with van der Waals surface area (Å²) >= 11 is 0. The van der Waals surface area contributed by atoms with Gasteiger partial charge in [0.1, 0.15) is 0 Å². The molecule has 2 rings (SSSR count). The first kappa shape index (κ1) is 14.5. The molecule has 0 saturated heterocycles. The highest BCUT2D eigenvalue weighted by atomic mass is 32.2. The molecular formula is C14H16N2O3S. The SMILES string of the molecule is NCc1ccc(S(=O)(=O)Nc2ccc(CO)cc2)cc1. The Morgan fingerprint density at radius 2 is 1.50 bits per heavy atom. The Balaban J connectivity index is 2.20. The molecule has 0 saturated carbocycles. The van der Waals surface area contributed by atoms with Gasteiger partial charge in [0.05, 0.1) is 11.5 Å². The summed E-state index contributed by atoms with van der Waals surface area (Å²) in [5.41, 5.74) is 7.52. The van der Waals surface area contributed by atoms with Crippen LogP contribution in [-0.2, 0) is 23.2 Å². The Hall–Kier alpha value is -1.89. The standard InChI is InChI=1S/C14H16N2O3S/c15-9-11-3-7-14(8-4-11)20(18,19)16-13-5-1-12(10-17)2-6-13/h1-8,16-17H,9-10,15H2. The molecule has 2 aromatic carbocycles. The van der Waals surface area contributed by atoms with Gasteiger partial charge in [0.25, 0.3) is 10.0 Å². The van der Waals surface area contributed by atoms with E-state index in [2.05, 4.69) is 4.72 Å².